The summed E-state index contributed by atoms with van der Waals surface area (Å²) in [6.45, 7) is 0. The topological polar surface area (TPSA) is 85.9 Å². The van der Waals surface area contributed by atoms with E-state index >= 15 is 0 Å². The van der Waals surface area contributed by atoms with Crippen molar-refractivity contribution in [1.29, 1.82) is 0 Å². The third-order valence-electron chi connectivity index (χ3n) is 5.71. The van der Waals surface area contributed by atoms with E-state index in [0.717, 1.165) is 16.2 Å². The summed E-state index contributed by atoms with van der Waals surface area (Å²) in [6, 6.07) is 29.2. The number of carbonyl (C=O) groups excluding carboxylic acids is 2. The Hall–Kier alpha value is -4.43. The molecular weight excluding hydrogens is 500 g/mol. The molecule has 0 fully saturated rings. The summed E-state index contributed by atoms with van der Waals surface area (Å²) in [7, 11) is 4.67. The van der Waals surface area contributed by atoms with Gasteiger partial charge < -0.3 is 24.8 Å². The van der Waals surface area contributed by atoms with Crippen molar-refractivity contribution in [3.05, 3.63) is 108 Å². The van der Waals surface area contributed by atoms with Crippen LogP contribution < -0.4 is 24.8 Å². The van der Waals surface area contributed by atoms with E-state index < -0.39 is 5.25 Å². The minimum absolute atomic E-state index is 0.141. The summed E-state index contributed by atoms with van der Waals surface area (Å²) < 4.78 is 15.7. The van der Waals surface area contributed by atoms with Crippen LogP contribution in [0.4, 0.5) is 11.4 Å². The first-order valence-corrected chi connectivity index (χ1v) is 12.7. The Labute approximate surface area is 226 Å². The fourth-order valence-electron chi connectivity index (χ4n) is 3.72. The highest BCUT2D eigenvalue weighted by molar-refractivity contribution is 8.00. The first-order chi connectivity index (χ1) is 18.5. The summed E-state index contributed by atoms with van der Waals surface area (Å²) in [5, 5.41) is 5.40. The molecular formula is C30H28N2O5S. The molecule has 2 N–H and O–H groups in total. The molecule has 2 amide bonds. The normalized spacial score (nSPS) is 11.2. The van der Waals surface area contributed by atoms with Gasteiger partial charge in [-0.15, -0.1) is 11.8 Å². The van der Waals surface area contributed by atoms with Crippen LogP contribution in [0.25, 0.3) is 0 Å². The van der Waals surface area contributed by atoms with Gasteiger partial charge in [-0.1, -0.05) is 30.3 Å². The van der Waals surface area contributed by atoms with Crippen molar-refractivity contribution in [3.63, 3.8) is 0 Å². The minimum Gasteiger partial charge on any atom is -0.497 e. The Bertz CT molecular complexity index is 1380. The van der Waals surface area contributed by atoms with Crippen LogP contribution in [0, 0.1) is 0 Å². The minimum atomic E-state index is -0.481. The van der Waals surface area contributed by atoms with Crippen molar-refractivity contribution in [2.75, 3.05) is 32.0 Å². The van der Waals surface area contributed by atoms with Gasteiger partial charge in [0.2, 0.25) is 5.91 Å². The zero-order chi connectivity index (χ0) is 26.9. The standard InChI is InChI=1S/C30H28N2O5S/c1-35-24-14-10-22(11-15-24)32-30(34)28(20-7-5-4-6-8-20)38-25-16-12-23(13-17-25)31-29(33)21-9-18-26(36-2)27(19-21)37-3/h4-19,28H,1-3H3,(H,31,33)(H,32,34). The Kier molecular flexibility index (Phi) is 8.89. The number of ether oxygens (including phenoxy) is 3. The highest BCUT2D eigenvalue weighted by Crippen LogP contribution is 2.37. The second-order valence-corrected chi connectivity index (χ2v) is 9.35. The van der Waals surface area contributed by atoms with Gasteiger partial charge in [-0.3, -0.25) is 9.59 Å². The summed E-state index contributed by atoms with van der Waals surface area (Å²) in [5.74, 6) is 1.33. The van der Waals surface area contributed by atoms with Gasteiger partial charge in [0.05, 0.1) is 21.3 Å². The van der Waals surface area contributed by atoms with Gasteiger partial charge in [-0.05, 0) is 72.3 Å². The lowest BCUT2D eigenvalue weighted by Crippen LogP contribution is -2.19. The molecule has 1 atom stereocenters. The lowest BCUT2D eigenvalue weighted by atomic mass is 10.1. The second-order valence-electron chi connectivity index (χ2n) is 8.17. The van der Waals surface area contributed by atoms with E-state index in [1.807, 2.05) is 54.6 Å². The molecule has 1 unspecified atom stereocenters. The largest absolute Gasteiger partial charge is 0.497 e. The lowest BCUT2D eigenvalue weighted by molar-refractivity contribution is -0.115. The number of nitrogens with one attached hydrogen (secondary N) is 2. The third kappa shape index (κ3) is 6.66. The van der Waals surface area contributed by atoms with Crippen LogP contribution in [0.15, 0.2) is 102 Å². The highest BCUT2D eigenvalue weighted by atomic mass is 32.2. The van der Waals surface area contributed by atoms with Gasteiger partial charge in [-0.25, -0.2) is 0 Å². The van der Waals surface area contributed by atoms with E-state index in [1.165, 1.54) is 18.9 Å². The molecule has 194 valence electrons. The van der Waals surface area contributed by atoms with E-state index in [4.69, 9.17) is 14.2 Å². The van der Waals surface area contributed by atoms with Crippen LogP contribution in [0.3, 0.4) is 0 Å². The molecule has 0 spiro atoms. The van der Waals surface area contributed by atoms with Gasteiger partial charge in [0, 0.05) is 21.8 Å². The molecule has 0 heterocycles. The summed E-state index contributed by atoms with van der Waals surface area (Å²) >= 11 is 1.43. The molecule has 0 aliphatic heterocycles. The maximum Gasteiger partial charge on any atom is 0.255 e. The molecule has 4 aromatic carbocycles. The van der Waals surface area contributed by atoms with Gasteiger partial charge in [0.1, 0.15) is 11.0 Å². The molecule has 8 heteroatoms. The van der Waals surface area contributed by atoms with Crippen LogP contribution >= 0.6 is 11.8 Å². The van der Waals surface area contributed by atoms with Crippen molar-refractivity contribution in [1.82, 2.24) is 0 Å². The molecule has 7 nitrogen and oxygen atoms in total. The maximum atomic E-state index is 13.3. The quantitative estimate of drug-likeness (QED) is 0.231. The first kappa shape index (κ1) is 26.6. The van der Waals surface area contributed by atoms with E-state index in [-0.39, 0.29) is 11.8 Å². The van der Waals surface area contributed by atoms with Crippen molar-refractivity contribution in [2.24, 2.45) is 0 Å². The van der Waals surface area contributed by atoms with E-state index in [0.29, 0.717) is 28.4 Å². The fraction of sp³-hybridized carbons (Fsp3) is 0.133. The number of hydrogen-bond donors (Lipinski definition) is 2. The number of rotatable bonds is 10. The number of anilines is 2. The molecule has 4 rings (SSSR count). The van der Waals surface area contributed by atoms with Crippen molar-refractivity contribution < 1.29 is 23.8 Å². The highest BCUT2D eigenvalue weighted by Gasteiger charge is 2.22. The smallest absolute Gasteiger partial charge is 0.255 e. The third-order valence-corrected chi connectivity index (χ3v) is 6.98. The second kappa shape index (κ2) is 12.7. The molecule has 0 saturated carbocycles. The molecule has 0 saturated heterocycles. The molecule has 0 bridgehead atoms. The predicted octanol–water partition coefficient (Wildman–Crippen LogP) is 6.44. The number of methoxy groups -OCH3 is 3. The van der Waals surface area contributed by atoms with Gasteiger partial charge in [-0.2, -0.15) is 0 Å². The Morgan fingerprint density at radius 2 is 1.32 bits per heavy atom. The summed E-state index contributed by atoms with van der Waals surface area (Å²) in [4.78, 5) is 26.9. The zero-order valence-electron chi connectivity index (χ0n) is 21.3. The van der Waals surface area contributed by atoms with Crippen molar-refractivity contribution in [3.8, 4) is 17.2 Å². The van der Waals surface area contributed by atoms with Gasteiger partial charge in [0.15, 0.2) is 11.5 Å². The predicted molar refractivity (Wildman–Crippen MR) is 151 cm³/mol. The molecule has 4 aromatic rings. The Morgan fingerprint density at radius 1 is 0.684 bits per heavy atom. The fourth-order valence-corrected chi connectivity index (χ4v) is 4.74. The summed E-state index contributed by atoms with van der Waals surface area (Å²) in [5.41, 5.74) is 2.65. The van der Waals surface area contributed by atoms with Crippen LogP contribution in [0.1, 0.15) is 21.2 Å². The van der Waals surface area contributed by atoms with Gasteiger partial charge >= 0.3 is 0 Å². The van der Waals surface area contributed by atoms with Crippen LogP contribution in [-0.2, 0) is 4.79 Å². The molecule has 0 aromatic heterocycles. The van der Waals surface area contributed by atoms with Crippen molar-refractivity contribution in [2.45, 2.75) is 10.1 Å². The average molecular weight is 529 g/mol. The molecule has 0 aliphatic rings. The van der Waals surface area contributed by atoms with E-state index in [2.05, 4.69) is 10.6 Å². The Balaban J connectivity index is 1.47. The van der Waals surface area contributed by atoms with Crippen molar-refractivity contribution >= 4 is 35.0 Å². The lowest BCUT2D eigenvalue weighted by Gasteiger charge is -2.17. The monoisotopic (exact) mass is 528 g/mol. The molecule has 38 heavy (non-hydrogen) atoms. The zero-order valence-corrected chi connectivity index (χ0v) is 22.1. The number of carbonyl (C=O) groups is 2. The van der Waals surface area contributed by atoms with E-state index in [9.17, 15) is 9.59 Å². The van der Waals surface area contributed by atoms with Gasteiger partial charge in [0.25, 0.3) is 5.91 Å². The molecule has 0 aliphatic carbocycles. The number of amides is 2. The SMILES string of the molecule is COc1ccc(NC(=O)C(Sc2ccc(NC(=O)c3ccc(OC)c(OC)c3)cc2)c2ccccc2)cc1. The number of benzene rings is 4. The Morgan fingerprint density at radius 3 is 1.95 bits per heavy atom. The van der Waals surface area contributed by atoms with Crippen LogP contribution in [-0.4, -0.2) is 33.1 Å². The van der Waals surface area contributed by atoms with Crippen LogP contribution in [0.2, 0.25) is 0 Å². The van der Waals surface area contributed by atoms with E-state index in [1.54, 1.807) is 56.7 Å². The number of hydrogen-bond acceptors (Lipinski definition) is 6. The first-order valence-electron chi connectivity index (χ1n) is 11.8. The van der Waals surface area contributed by atoms with Crippen LogP contribution in [0.5, 0.6) is 17.2 Å². The number of thioether (sulfide) groups is 1. The average Bonchev–Trinajstić information content (AvgIpc) is 2.97. The molecule has 0 radical (unpaired) electrons. The maximum absolute atomic E-state index is 13.3. The summed E-state index contributed by atoms with van der Waals surface area (Å²) in [6.07, 6.45) is 0.